The van der Waals surface area contributed by atoms with E-state index in [1.165, 1.54) is 23.9 Å². The van der Waals surface area contributed by atoms with Crippen LogP contribution in [0.1, 0.15) is 11.1 Å². The van der Waals surface area contributed by atoms with Crippen molar-refractivity contribution in [3.05, 3.63) is 64.1 Å². The maximum absolute atomic E-state index is 13.8. The van der Waals surface area contributed by atoms with Crippen molar-refractivity contribution in [3.63, 3.8) is 0 Å². The lowest BCUT2D eigenvalue weighted by molar-refractivity contribution is 0.0557. The summed E-state index contributed by atoms with van der Waals surface area (Å²) in [5.41, 5.74) is -3.62. The number of hydrogen-bond acceptors (Lipinski definition) is 5. The van der Waals surface area contributed by atoms with E-state index in [-0.39, 0.29) is 4.47 Å². The molecule has 0 aliphatic rings. The summed E-state index contributed by atoms with van der Waals surface area (Å²) in [5, 5.41) is 8.20. The minimum absolute atomic E-state index is 0.0931. The van der Waals surface area contributed by atoms with Crippen molar-refractivity contribution < 1.29 is 27.5 Å². The molecule has 2 N–H and O–H groups in total. The van der Waals surface area contributed by atoms with Crippen LogP contribution < -0.4 is 0 Å². The maximum atomic E-state index is 13.8. The Morgan fingerprint density at radius 1 is 1.15 bits per heavy atom. The highest BCUT2D eigenvalue weighted by Gasteiger charge is 2.51. The van der Waals surface area contributed by atoms with Crippen molar-refractivity contribution in [2.75, 3.05) is 0 Å². The molecule has 0 unspecified atom stereocenters. The number of nitrogens with zero attached hydrogens (tertiary/aromatic N) is 2. The van der Waals surface area contributed by atoms with E-state index in [1.807, 2.05) is 30.3 Å². The SMILES string of the molecule is O=P(O)(O)C(F)(F)c1ccc(CSc2nnc(-c3ccccc3)o2)cc1Br. The van der Waals surface area contributed by atoms with Gasteiger partial charge >= 0.3 is 13.3 Å². The number of aromatic nitrogens is 2. The van der Waals surface area contributed by atoms with Crippen molar-refractivity contribution in [2.24, 2.45) is 0 Å². The topological polar surface area (TPSA) is 96.5 Å². The maximum Gasteiger partial charge on any atom is 0.399 e. The van der Waals surface area contributed by atoms with E-state index in [2.05, 4.69) is 26.1 Å². The van der Waals surface area contributed by atoms with Gasteiger partial charge in [0.2, 0.25) is 5.89 Å². The summed E-state index contributed by atoms with van der Waals surface area (Å²) >= 11 is 4.17. The van der Waals surface area contributed by atoms with Crippen molar-refractivity contribution in [2.45, 2.75) is 16.6 Å². The first-order valence-electron chi connectivity index (χ1n) is 7.42. The summed E-state index contributed by atoms with van der Waals surface area (Å²) in [6.07, 6.45) is 0. The van der Waals surface area contributed by atoms with Gasteiger partial charge in [-0.1, -0.05) is 58.0 Å². The van der Waals surface area contributed by atoms with Crippen molar-refractivity contribution in [3.8, 4) is 11.5 Å². The molecular formula is C16H12BrF2N2O4PS. The molecule has 0 amide bonds. The highest BCUT2D eigenvalue weighted by atomic mass is 79.9. The second-order valence-electron chi connectivity index (χ2n) is 5.43. The Hall–Kier alpha value is -1.58. The summed E-state index contributed by atoms with van der Waals surface area (Å²) in [7, 11) is -5.62. The smallest absolute Gasteiger partial charge is 0.399 e. The average molecular weight is 477 g/mol. The summed E-state index contributed by atoms with van der Waals surface area (Å²) in [5.74, 6) is 0.715. The van der Waals surface area contributed by atoms with Gasteiger partial charge in [-0.3, -0.25) is 4.57 Å². The van der Waals surface area contributed by atoms with Gasteiger partial charge in [0.1, 0.15) is 0 Å². The Morgan fingerprint density at radius 2 is 1.85 bits per heavy atom. The van der Waals surface area contributed by atoms with Gasteiger partial charge in [-0.25, -0.2) is 0 Å². The van der Waals surface area contributed by atoms with Crippen molar-refractivity contribution in [1.82, 2.24) is 10.2 Å². The number of benzene rings is 2. The molecule has 2 aromatic carbocycles. The number of halogens is 3. The van der Waals surface area contributed by atoms with Gasteiger partial charge in [-0.15, -0.1) is 10.2 Å². The van der Waals surface area contributed by atoms with Crippen LogP contribution in [-0.4, -0.2) is 20.0 Å². The molecule has 1 aromatic heterocycles. The zero-order valence-electron chi connectivity index (χ0n) is 13.4. The third kappa shape index (κ3) is 4.47. The number of hydrogen-bond donors (Lipinski definition) is 2. The van der Waals surface area contributed by atoms with Crippen LogP contribution in [0, 0.1) is 0 Å². The summed E-state index contributed by atoms with van der Waals surface area (Å²) < 4.78 is 44.1. The fraction of sp³-hybridized carbons (Fsp3) is 0.125. The highest BCUT2D eigenvalue weighted by Crippen LogP contribution is 2.60. The summed E-state index contributed by atoms with van der Waals surface area (Å²) in [6.45, 7) is 0. The molecule has 142 valence electrons. The molecule has 6 nitrogen and oxygen atoms in total. The lowest BCUT2D eigenvalue weighted by Gasteiger charge is -2.19. The van der Waals surface area contributed by atoms with Crippen LogP contribution in [0.5, 0.6) is 0 Å². The number of rotatable bonds is 6. The van der Waals surface area contributed by atoms with E-state index in [9.17, 15) is 13.3 Å². The first-order valence-corrected chi connectivity index (χ1v) is 10.8. The van der Waals surface area contributed by atoms with Gasteiger partial charge < -0.3 is 14.2 Å². The zero-order chi connectivity index (χ0) is 19.7. The molecule has 0 spiro atoms. The largest absolute Gasteiger partial charge is 0.411 e. The fourth-order valence-corrected chi connectivity index (χ4v) is 4.20. The van der Waals surface area contributed by atoms with E-state index >= 15 is 0 Å². The second kappa shape index (κ2) is 7.81. The number of alkyl halides is 2. The lowest BCUT2D eigenvalue weighted by Crippen LogP contribution is -2.14. The van der Waals surface area contributed by atoms with E-state index in [4.69, 9.17) is 14.2 Å². The molecule has 3 rings (SSSR count). The minimum Gasteiger partial charge on any atom is -0.411 e. The van der Waals surface area contributed by atoms with Crippen LogP contribution in [0.2, 0.25) is 0 Å². The second-order valence-corrected chi connectivity index (χ2v) is 8.86. The Morgan fingerprint density at radius 3 is 2.48 bits per heavy atom. The Labute approximate surface area is 165 Å². The van der Waals surface area contributed by atoms with E-state index in [0.29, 0.717) is 22.4 Å². The van der Waals surface area contributed by atoms with Gasteiger partial charge in [0.25, 0.3) is 5.22 Å². The average Bonchev–Trinajstić information content (AvgIpc) is 3.08. The minimum atomic E-state index is -5.62. The monoisotopic (exact) mass is 476 g/mol. The van der Waals surface area contributed by atoms with Crippen LogP contribution in [-0.2, 0) is 16.0 Å². The summed E-state index contributed by atoms with van der Waals surface area (Å²) in [4.78, 5) is 17.7. The highest BCUT2D eigenvalue weighted by molar-refractivity contribution is 9.10. The molecule has 0 aliphatic carbocycles. The van der Waals surface area contributed by atoms with Crippen LogP contribution in [0.25, 0.3) is 11.5 Å². The van der Waals surface area contributed by atoms with Gasteiger partial charge in [0.05, 0.1) is 0 Å². The normalized spacial score (nSPS) is 12.3. The molecule has 0 radical (unpaired) electrons. The molecule has 27 heavy (non-hydrogen) atoms. The van der Waals surface area contributed by atoms with Gasteiger partial charge in [0.15, 0.2) is 0 Å². The van der Waals surface area contributed by atoms with Crippen LogP contribution in [0.15, 0.2) is 62.6 Å². The Kier molecular flexibility index (Phi) is 5.83. The number of thioether (sulfide) groups is 1. The zero-order valence-corrected chi connectivity index (χ0v) is 16.7. The predicted octanol–water partition coefficient (Wildman–Crippen LogP) is 5.02. The quantitative estimate of drug-likeness (QED) is 0.380. The van der Waals surface area contributed by atoms with Crippen LogP contribution in [0.4, 0.5) is 8.78 Å². The molecule has 0 fully saturated rings. The Balaban J connectivity index is 1.72. The van der Waals surface area contributed by atoms with Crippen LogP contribution in [0.3, 0.4) is 0 Å². The molecular weight excluding hydrogens is 465 g/mol. The van der Waals surface area contributed by atoms with Crippen molar-refractivity contribution >= 4 is 35.3 Å². The predicted molar refractivity (Wildman–Crippen MR) is 99.4 cm³/mol. The Bertz CT molecular complexity index is 997. The molecule has 1 heterocycles. The van der Waals surface area contributed by atoms with E-state index in [0.717, 1.165) is 11.6 Å². The first kappa shape index (κ1) is 20.2. The van der Waals surface area contributed by atoms with Crippen LogP contribution >= 0.6 is 35.3 Å². The third-order valence-corrected chi connectivity index (χ3v) is 6.03. The van der Waals surface area contributed by atoms with Gasteiger partial charge in [0, 0.05) is 21.4 Å². The van der Waals surface area contributed by atoms with E-state index < -0.39 is 18.8 Å². The molecule has 0 atom stereocenters. The standard InChI is InChI=1S/C16H12BrF2N2O4PS/c17-13-8-10(6-7-12(13)16(18,19)26(22,23)24)9-27-15-21-20-14(25-15)11-4-2-1-3-5-11/h1-8H,9H2,(H2,22,23,24). The molecule has 0 saturated carbocycles. The molecule has 11 heteroatoms. The van der Waals surface area contributed by atoms with Gasteiger partial charge in [-0.05, 0) is 23.8 Å². The van der Waals surface area contributed by atoms with Crippen molar-refractivity contribution in [1.29, 1.82) is 0 Å². The molecule has 3 aromatic rings. The molecule has 0 aliphatic heterocycles. The fourth-order valence-electron chi connectivity index (χ4n) is 2.16. The van der Waals surface area contributed by atoms with E-state index in [1.54, 1.807) is 0 Å². The molecule has 0 bridgehead atoms. The molecule has 0 saturated heterocycles. The third-order valence-electron chi connectivity index (χ3n) is 3.51. The lowest BCUT2D eigenvalue weighted by atomic mass is 10.1. The van der Waals surface area contributed by atoms with Gasteiger partial charge in [-0.2, -0.15) is 8.78 Å². The summed E-state index contributed by atoms with van der Waals surface area (Å²) in [6, 6.07) is 13.0. The first-order chi connectivity index (χ1) is 12.7.